The predicted molar refractivity (Wildman–Crippen MR) is 62.2 cm³/mol. The highest BCUT2D eigenvalue weighted by atomic mass is 16.5. The van der Waals surface area contributed by atoms with Crippen molar-refractivity contribution in [3.63, 3.8) is 0 Å². The van der Waals surface area contributed by atoms with Crippen LogP contribution in [0.4, 0.5) is 0 Å². The van der Waals surface area contributed by atoms with Crippen LogP contribution in [0.3, 0.4) is 0 Å². The number of hydrogen-bond donors (Lipinski definition) is 0. The number of esters is 1. The zero-order valence-electron chi connectivity index (χ0n) is 10.6. The Kier molecular flexibility index (Phi) is 2.20. The van der Waals surface area contributed by atoms with Gasteiger partial charge < -0.3 is 4.74 Å². The smallest absolute Gasteiger partial charge is 0.320 e. The summed E-state index contributed by atoms with van der Waals surface area (Å²) in [7, 11) is 0. The maximum Gasteiger partial charge on any atom is 0.320 e. The second-order valence-electron chi connectivity index (χ2n) is 6.50. The van der Waals surface area contributed by atoms with Gasteiger partial charge in [-0.3, -0.25) is 9.59 Å². The molecule has 1 heterocycles. The van der Waals surface area contributed by atoms with E-state index < -0.39 is 5.41 Å². The lowest BCUT2D eigenvalue weighted by Crippen LogP contribution is -2.35. The van der Waals surface area contributed by atoms with Gasteiger partial charge in [-0.05, 0) is 36.5 Å². The number of carbonyl (C=O) groups is 2. The van der Waals surface area contributed by atoms with Crippen LogP contribution in [-0.2, 0) is 14.3 Å². The summed E-state index contributed by atoms with van der Waals surface area (Å²) >= 11 is 0. The Labute approximate surface area is 102 Å². The number of ketones is 1. The van der Waals surface area contributed by atoms with Gasteiger partial charge >= 0.3 is 5.97 Å². The van der Waals surface area contributed by atoms with Crippen molar-refractivity contribution in [2.24, 2.45) is 22.7 Å². The van der Waals surface area contributed by atoms with E-state index in [1.807, 2.05) is 0 Å². The van der Waals surface area contributed by atoms with Crippen molar-refractivity contribution < 1.29 is 14.3 Å². The first-order valence-corrected chi connectivity index (χ1v) is 6.69. The quantitative estimate of drug-likeness (QED) is 0.479. The molecule has 0 aromatic carbocycles. The lowest BCUT2D eigenvalue weighted by Gasteiger charge is -2.42. The van der Waals surface area contributed by atoms with Crippen molar-refractivity contribution in [3.8, 4) is 0 Å². The third kappa shape index (κ3) is 1.28. The van der Waals surface area contributed by atoms with Crippen molar-refractivity contribution in [2.45, 2.75) is 46.0 Å². The van der Waals surface area contributed by atoms with Gasteiger partial charge in [0, 0.05) is 0 Å². The zero-order valence-corrected chi connectivity index (χ0v) is 10.6. The molecule has 94 valence electrons. The molecule has 0 radical (unpaired) electrons. The van der Waals surface area contributed by atoms with Gasteiger partial charge in [-0.15, -0.1) is 0 Å². The van der Waals surface area contributed by atoms with E-state index in [2.05, 4.69) is 13.8 Å². The molecule has 0 N–H and O–H groups in total. The van der Waals surface area contributed by atoms with Crippen LogP contribution in [0.15, 0.2) is 0 Å². The highest BCUT2D eigenvalue weighted by molar-refractivity contribution is 6.09. The lowest BCUT2D eigenvalue weighted by atomic mass is 9.63. The molecular formula is C14H20O3. The SMILES string of the molecule is CC1CCCC2CC3(CC12C)C(=O)COC3=O. The number of carbonyl (C=O) groups excluding carboxylic acids is 2. The second-order valence-corrected chi connectivity index (χ2v) is 6.50. The Hall–Kier alpha value is -0.860. The minimum atomic E-state index is -0.766. The minimum absolute atomic E-state index is 0.00993. The molecule has 17 heavy (non-hydrogen) atoms. The topological polar surface area (TPSA) is 43.4 Å². The molecule has 1 aliphatic heterocycles. The number of cyclic esters (lactones) is 1. The van der Waals surface area contributed by atoms with Crippen LogP contribution in [0.5, 0.6) is 0 Å². The molecule has 1 spiro atoms. The van der Waals surface area contributed by atoms with Gasteiger partial charge in [0.2, 0.25) is 0 Å². The zero-order chi connectivity index (χ0) is 12.3. The normalized spacial score (nSPS) is 49.5. The van der Waals surface area contributed by atoms with E-state index in [9.17, 15) is 9.59 Å². The maximum absolute atomic E-state index is 12.1. The average Bonchev–Trinajstić information content (AvgIpc) is 2.74. The Balaban J connectivity index is 1.98. The van der Waals surface area contributed by atoms with Crippen LogP contribution in [0.25, 0.3) is 0 Å². The van der Waals surface area contributed by atoms with Crippen molar-refractivity contribution in [1.82, 2.24) is 0 Å². The fourth-order valence-corrected chi connectivity index (χ4v) is 4.42. The molecule has 0 aromatic rings. The van der Waals surface area contributed by atoms with E-state index in [1.54, 1.807) is 0 Å². The molecular weight excluding hydrogens is 216 g/mol. The van der Waals surface area contributed by atoms with Crippen molar-refractivity contribution >= 4 is 11.8 Å². The number of ether oxygens (including phenoxy) is 1. The first-order chi connectivity index (χ1) is 7.99. The molecule has 4 atom stereocenters. The Morgan fingerprint density at radius 1 is 1.29 bits per heavy atom. The molecule has 2 aliphatic carbocycles. The third-order valence-electron chi connectivity index (χ3n) is 5.78. The fourth-order valence-electron chi connectivity index (χ4n) is 4.42. The van der Waals surface area contributed by atoms with E-state index >= 15 is 0 Å². The highest BCUT2D eigenvalue weighted by Gasteiger charge is 2.64. The van der Waals surface area contributed by atoms with Crippen LogP contribution in [0, 0.1) is 22.7 Å². The summed E-state index contributed by atoms with van der Waals surface area (Å²) in [4.78, 5) is 24.0. The molecule has 3 fully saturated rings. The Morgan fingerprint density at radius 3 is 2.65 bits per heavy atom. The predicted octanol–water partition coefficient (Wildman–Crippen LogP) is 2.33. The molecule has 2 saturated carbocycles. The Bertz CT molecular complexity index is 371. The molecule has 0 bridgehead atoms. The maximum atomic E-state index is 12.1. The van der Waals surface area contributed by atoms with Gasteiger partial charge in [-0.1, -0.05) is 26.7 Å². The van der Waals surface area contributed by atoms with Gasteiger partial charge in [-0.25, -0.2) is 0 Å². The van der Waals surface area contributed by atoms with Gasteiger partial charge in [0.15, 0.2) is 12.4 Å². The van der Waals surface area contributed by atoms with Gasteiger partial charge in [-0.2, -0.15) is 0 Å². The molecule has 3 nitrogen and oxygen atoms in total. The van der Waals surface area contributed by atoms with E-state index in [0.717, 1.165) is 12.8 Å². The molecule has 1 saturated heterocycles. The summed E-state index contributed by atoms with van der Waals surface area (Å²) in [5, 5.41) is 0. The summed E-state index contributed by atoms with van der Waals surface area (Å²) < 4.78 is 5.00. The molecule has 3 rings (SSSR count). The molecule has 0 aromatic heterocycles. The van der Waals surface area contributed by atoms with Crippen LogP contribution in [0.2, 0.25) is 0 Å². The molecule has 0 amide bonds. The molecule has 3 heteroatoms. The summed E-state index contributed by atoms with van der Waals surface area (Å²) in [5.41, 5.74) is -0.602. The van der Waals surface area contributed by atoms with Crippen molar-refractivity contribution in [3.05, 3.63) is 0 Å². The van der Waals surface area contributed by atoms with Crippen LogP contribution >= 0.6 is 0 Å². The van der Waals surface area contributed by atoms with Crippen LogP contribution < -0.4 is 0 Å². The standard InChI is InChI=1S/C14H20O3/c1-9-4-3-5-10-6-14(8-13(9,10)2)11(15)7-17-12(14)16/h9-10H,3-8H2,1-2H3. The number of Topliss-reactive ketones (excluding diaryl/α,β-unsaturated/α-hetero) is 1. The van der Waals surface area contributed by atoms with Crippen molar-refractivity contribution in [2.75, 3.05) is 6.61 Å². The number of rotatable bonds is 0. The van der Waals surface area contributed by atoms with E-state index in [0.29, 0.717) is 11.8 Å². The summed E-state index contributed by atoms with van der Waals surface area (Å²) in [6.45, 7) is 4.56. The van der Waals surface area contributed by atoms with Crippen molar-refractivity contribution in [1.29, 1.82) is 0 Å². The van der Waals surface area contributed by atoms with E-state index in [4.69, 9.17) is 4.74 Å². The fraction of sp³-hybridized carbons (Fsp3) is 0.857. The van der Waals surface area contributed by atoms with Gasteiger partial charge in [0.25, 0.3) is 0 Å². The monoisotopic (exact) mass is 236 g/mol. The van der Waals surface area contributed by atoms with E-state index in [-0.39, 0.29) is 23.8 Å². The average molecular weight is 236 g/mol. The molecule has 3 aliphatic rings. The van der Waals surface area contributed by atoms with Crippen LogP contribution in [-0.4, -0.2) is 18.4 Å². The first-order valence-electron chi connectivity index (χ1n) is 6.69. The summed E-state index contributed by atoms with van der Waals surface area (Å²) in [6, 6.07) is 0. The largest absolute Gasteiger partial charge is 0.457 e. The first kappa shape index (κ1) is 11.2. The summed E-state index contributed by atoms with van der Waals surface area (Å²) in [5.74, 6) is 0.929. The lowest BCUT2D eigenvalue weighted by molar-refractivity contribution is -0.147. The van der Waals surface area contributed by atoms with E-state index in [1.165, 1.54) is 19.3 Å². The van der Waals surface area contributed by atoms with Gasteiger partial charge in [0.05, 0.1) is 0 Å². The second kappa shape index (κ2) is 3.33. The number of fused-ring (bicyclic) bond motifs is 1. The highest BCUT2D eigenvalue weighted by Crippen LogP contribution is 2.62. The van der Waals surface area contributed by atoms with Crippen LogP contribution in [0.1, 0.15) is 46.0 Å². The number of hydrogen-bond acceptors (Lipinski definition) is 3. The third-order valence-corrected chi connectivity index (χ3v) is 5.78. The van der Waals surface area contributed by atoms with Gasteiger partial charge in [0.1, 0.15) is 5.41 Å². The molecule has 4 unspecified atom stereocenters. The Morgan fingerprint density at radius 2 is 2.06 bits per heavy atom. The summed E-state index contributed by atoms with van der Waals surface area (Å²) in [6.07, 6.45) is 5.10. The minimum Gasteiger partial charge on any atom is -0.457 e.